The molecule has 2 aromatic carbocycles. The van der Waals surface area contributed by atoms with Crippen LogP contribution in [-0.4, -0.2) is 20.4 Å². The predicted octanol–water partition coefficient (Wildman–Crippen LogP) is 3.41. The third-order valence-corrected chi connectivity index (χ3v) is 3.32. The molecule has 0 saturated carbocycles. The van der Waals surface area contributed by atoms with Crippen molar-refractivity contribution < 1.29 is 27.8 Å². The summed E-state index contributed by atoms with van der Waals surface area (Å²) in [5.74, 6) is 0.0729. The van der Waals surface area contributed by atoms with Crippen molar-refractivity contribution in [1.29, 1.82) is 0 Å². The van der Waals surface area contributed by atoms with Crippen molar-refractivity contribution in [1.82, 2.24) is 10.2 Å². The lowest BCUT2D eigenvalue weighted by Crippen LogP contribution is -2.04. The van der Waals surface area contributed by atoms with Crippen LogP contribution in [0.3, 0.4) is 0 Å². The van der Waals surface area contributed by atoms with Gasteiger partial charge in [0.2, 0.25) is 11.8 Å². The van der Waals surface area contributed by atoms with Crippen molar-refractivity contribution in [3.05, 3.63) is 59.7 Å². The van der Waals surface area contributed by atoms with E-state index in [1.165, 1.54) is 36.4 Å². The Balaban J connectivity index is 1.91. The summed E-state index contributed by atoms with van der Waals surface area (Å²) in [6.07, 6.45) is -6.05. The van der Waals surface area contributed by atoms with E-state index in [2.05, 4.69) is 10.2 Å². The zero-order valence-electron chi connectivity index (χ0n) is 12.0. The van der Waals surface area contributed by atoms with Crippen LogP contribution >= 0.6 is 0 Å². The SMILES string of the molecule is OC(O)c1ccc(-c2nnc(-c3cccc(C(F)(F)F)c3)o2)cc1. The molecule has 0 radical (unpaired) electrons. The first-order chi connectivity index (χ1) is 11.3. The van der Waals surface area contributed by atoms with Crippen LogP contribution in [0.2, 0.25) is 0 Å². The van der Waals surface area contributed by atoms with Crippen LogP contribution in [0.4, 0.5) is 13.2 Å². The first kappa shape index (κ1) is 16.2. The first-order valence-electron chi connectivity index (χ1n) is 6.82. The summed E-state index contributed by atoms with van der Waals surface area (Å²) in [6.45, 7) is 0. The van der Waals surface area contributed by atoms with E-state index in [1.54, 1.807) is 0 Å². The minimum absolute atomic E-state index is 0.0395. The fourth-order valence-electron chi connectivity index (χ4n) is 2.08. The number of aliphatic hydroxyl groups excluding tert-OH is 1. The zero-order chi connectivity index (χ0) is 17.3. The Hall–Kier alpha value is -2.71. The van der Waals surface area contributed by atoms with E-state index in [0.717, 1.165) is 12.1 Å². The maximum Gasteiger partial charge on any atom is 0.416 e. The number of hydrogen-bond acceptors (Lipinski definition) is 5. The topological polar surface area (TPSA) is 79.4 Å². The number of benzene rings is 2. The number of nitrogens with zero attached hydrogens (tertiary/aromatic N) is 2. The highest BCUT2D eigenvalue weighted by Crippen LogP contribution is 2.32. The lowest BCUT2D eigenvalue weighted by molar-refractivity contribution is -0.137. The molecule has 0 amide bonds. The van der Waals surface area contributed by atoms with Gasteiger partial charge >= 0.3 is 6.18 Å². The van der Waals surface area contributed by atoms with Gasteiger partial charge in [0.15, 0.2) is 6.29 Å². The van der Waals surface area contributed by atoms with Crippen molar-refractivity contribution in [3.63, 3.8) is 0 Å². The fourth-order valence-corrected chi connectivity index (χ4v) is 2.08. The maximum atomic E-state index is 12.7. The van der Waals surface area contributed by atoms with Gasteiger partial charge in [-0.1, -0.05) is 18.2 Å². The summed E-state index contributed by atoms with van der Waals surface area (Å²) < 4.78 is 43.7. The molecule has 0 aliphatic rings. The molecule has 24 heavy (non-hydrogen) atoms. The van der Waals surface area contributed by atoms with E-state index >= 15 is 0 Å². The highest BCUT2D eigenvalue weighted by atomic mass is 19.4. The molecule has 0 fully saturated rings. The standard InChI is InChI=1S/C16H11F3N2O3/c17-16(18,19)12-3-1-2-11(8-12)14-21-20-13(24-14)9-4-6-10(7-5-9)15(22)23/h1-8,15,22-23H. The molecule has 0 unspecified atom stereocenters. The van der Waals surface area contributed by atoms with Crippen LogP contribution in [0.1, 0.15) is 17.4 Å². The van der Waals surface area contributed by atoms with E-state index in [1.807, 2.05) is 0 Å². The third kappa shape index (κ3) is 3.29. The summed E-state index contributed by atoms with van der Waals surface area (Å²) in [5.41, 5.74) is 0.147. The van der Waals surface area contributed by atoms with Crippen LogP contribution in [0, 0.1) is 0 Å². The van der Waals surface area contributed by atoms with Crippen LogP contribution in [0.5, 0.6) is 0 Å². The molecule has 3 aromatic rings. The van der Waals surface area contributed by atoms with E-state index in [4.69, 9.17) is 14.6 Å². The van der Waals surface area contributed by atoms with Gasteiger partial charge in [-0.05, 0) is 30.3 Å². The van der Waals surface area contributed by atoms with E-state index in [0.29, 0.717) is 5.56 Å². The van der Waals surface area contributed by atoms with Gasteiger partial charge in [0.25, 0.3) is 0 Å². The molecule has 0 spiro atoms. The van der Waals surface area contributed by atoms with Gasteiger partial charge in [-0.15, -0.1) is 10.2 Å². The average molecular weight is 336 g/mol. The third-order valence-electron chi connectivity index (χ3n) is 3.32. The summed E-state index contributed by atoms with van der Waals surface area (Å²) in [5, 5.41) is 25.7. The first-order valence-corrected chi connectivity index (χ1v) is 6.82. The molecule has 2 N–H and O–H groups in total. The van der Waals surface area contributed by atoms with Crippen molar-refractivity contribution in [2.75, 3.05) is 0 Å². The quantitative estimate of drug-likeness (QED) is 0.717. The van der Waals surface area contributed by atoms with E-state index in [-0.39, 0.29) is 22.9 Å². The lowest BCUT2D eigenvalue weighted by atomic mass is 10.1. The second-order valence-corrected chi connectivity index (χ2v) is 4.99. The maximum absolute atomic E-state index is 12.7. The monoisotopic (exact) mass is 336 g/mol. The molecule has 3 rings (SSSR count). The predicted molar refractivity (Wildman–Crippen MR) is 77.4 cm³/mol. The Kier molecular flexibility index (Phi) is 4.08. The molecule has 0 bridgehead atoms. The van der Waals surface area contributed by atoms with Crippen LogP contribution in [-0.2, 0) is 6.18 Å². The van der Waals surface area contributed by atoms with Gasteiger partial charge in [-0.25, -0.2) is 0 Å². The molecule has 124 valence electrons. The number of aromatic nitrogens is 2. The Bertz CT molecular complexity index is 842. The van der Waals surface area contributed by atoms with Gasteiger partial charge in [-0.3, -0.25) is 0 Å². The van der Waals surface area contributed by atoms with Gasteiger partial charge in [0.1, 0.15) is 0 Å². The number of rotatable bonds is 3. The minimum Gasteiger partial charge on any atom is -0.416 e. The molecule has 8 heteroatoms. The van der Waals surface area contributed by atoms with E-state index < -0.39 is 18.0 Å². The van der Waals surface area contributed by atoms with Crippen molar-refractivity contribution in [2.24, 2.45) is 0 Å². The molecule has 1 aromatic heterocycles. The van der Waals surface area contributed by atoms with Crippen LogP contribution in [0.15, 0.2) is 52.9 Å². The average Bonchev–Trinajstić information content (AvgIpc) is 3.04. The molecule has 0 saturated heterocycles. The number of halogens is 3. The highest BCUT2D eigenvalue weighted by molar-refractivity contribution is 5.59. The Labute approximate surface area is 134 Å². The zero-order valence-corrected chi connectivity index (χ0v) is 12.0. The van der Waals surface area contributed by atoms with Gasteiger partial charge in [-0.2, -0.15) is 13.2 Å². The lowest BCUT2D eigenvalue weighted by Gasteiger charge is -2.06. The number of aliphatic hydroxyl groups is 2. The molecule has 0 aliphatic carbocycles. The number of alkyl halides is 3. The molecule has 5 nitrogen and oxygen atoms in total. The van der Waals surface area contributed by atoms with E-state index in [9.17, 15) is 13.2 Å². The summed E-state index contributed by atoms with van der Waals surface area (Å²) in [6, 6.07) is 10.6. The van der Waals surface area contributed by atoms with Crippen molar-refractivity contribution in [2.45, 2.75) is 12.5 Å². The Morgan fingerprint density at radius 2 is 1.50 bits per heavy atom. The fraction of sp³-hybridized carbons (Fsp3) is 0.125. The highest BCUT2D eigenvalue weighted by Gasteiger charge is 2.30. The van der Waals surface area contributed by atoms with Crippen molar-refractivity contribution >= 4 is 0 Å². The molecule has 0 aliphatic heterocycles. The number of hydrogen-bond donors (Lipinski definition) is 2. The largest absolute Gasteiger partial charge is 0.416 e. The van der Waals surface area contributed by atoms with Gasteiger partial charge in [0, 0.05) is 16.7 Å². The molecule has 1 heterocycles. The Morgan fingerprint density at radius 1 is 0.875 bits per heavy atom. The summed E-state index contributed by atoms with van der Waals surface area (Å²) in [4.78, 5) is 0. The summed E-state index contributed by atoms with van der Waals surface area (Å²) >= 11 is 0. The van der Waals surface area contributed by atoms with Gasteiger partial charge in [0.05, 0.1) is 5.56 Å². The Morgan fingerprint density at radius 3 is 2.08 bits per heavy atom. The second kappa shape index (κ2) is 6.06. The molecule has 0 atom stereocenters. The van der Waals surface area contributed by atoms with Crippen molar-refractivity contribution in [3.8, 4) is 22.9 Å². The van der Waals surface area contributed by atoms with Gasteiger partial charge < -0.3 is 14.6 Å². The summed E-state index contributed by atoms with van der Waals surface area (Å²) in [7, 11) is 0. The normalized spacial score (nSPS) is 11.9. The minimum atomic E-state index is -4.46. The van der Waals surface area contributed by atoms with Crippen LogP contribution < -0.4 is 0 Å². The second-order valence-electron chi connectivity index (χ2n) is 4.99. The molecular formula is C16H11F3N2O3. The molecular weight excluding hydrogens is 325 g/mol. The van der Waals surface area contributed by atoms with Crippen LogP contribution in [0.25, 0.3) is 22.9 Å². The smallest absolute Gasteiger partial charge is 0.416 e.